The van der Waals surface area contributed by atoms with Crippen molar-refractivity contribution in [3.05, 3.63) is 30.3 Å². The molecule has 1 aliphatic rings. The van der Waals surface area contributed by atoms with E-state index in [1.54, 1.807) is 0 Å². The summed E-state index contributed by atoms with van der Waals surface area (Å²) in [6, 6.07) is 12.5. The molecule has 0 spiro atoms. The molecule has 1 aromatic carbocycles. The molecule has 1 saturated carbocycles. The van der Waals surface area contributed by atoms with E-state index in [9.17, 15) is 0 Å². The molecule has 1 fully saturated rings. The quantitative estimate of drug-likeness (QED) is 0.583. The zero-order chi connectivity index (χ0) is 12.3. The molecule has 0 radical (unpaired) electrons. The number of nitrogens with zero attached hydrogens (tertiary/aromatic N) is 1. The van der Waals surface area contributed by atoms with Crippen molar-refractivity contribution in [2.75, 3.05) is 4.57 Å². The van der Waals surface area contributed by atoms with Gasteiger partial charge in [0.1, 0.15) is 8.24 Å². The minimum atomic E-state index is -1.30. The first-order chi connectivity index (χ1) is 8.09. The Morgan fingerprint density at radius 1 is 1.05 bits per heavy atom. The summed E-state index contributed by atoms with van der Waals surface area (Å²) in [5, 5.41) is 0. The SMILES string of the molecule is C[Si](C)(C)N(c1cc[c-]cc1)C1CCCCC1.[Br-].[Mg+2]. The molecule has 102 valence electrons. The van der Waals surface area contributed by atoms with Crippen LogP contribution in [-0.2, 0) is 0 Å². The minimum Gasteiger partial charge on any atom is -1.00 e. The third kappa shape index (κ3) is 5.40. The molecule has 0 atom stereocenters. The van der Waals surface area contributed by atoms with Crippen LogP contribution in [0.4, 0.5) is 5.69 Å². The van der Waals surface area contributed by atoms with Crippen molar-refractivity contribution in [1.29, 1.82) is 0 Å². The van der Waals surface area contributed by atoms with E-state index in [1.807, 2.05) is 12.1 Å². The van der Waals surface area contributed by atoms with Gasteiger partial charge in [0.2, 0.25) is 0 Å². The average molecular weight is 351 g/mol. The molecule has 0 aliphatic heterocycles. The van der Waals surface area contributed by atoms with Crippen molar-refractivity contribution in [1.82, 2.24) is 0 Å². The summed E-state index contributed by atoms with van der Waals surface area (Å²) in [4.78, 5) is 0. The Kier molecular flexibility index (Phi) is 8.92. The molecule has 1 aromatic rings. The Labute approximate surface area is 146 Å². The predicted molar refractivity (Wildman–Crippen MR) is 83.7 cm³/mol. The first kappa shape index (κ1) is 19.5. The third-order valence-electron chi connectivity index (χ3n) is 3.64. The van der Waals surface area contributed by atoms with Crippen molar-refractivity contribution in [3.8, 4) is 0 Å². The van der Waals surface area contributed by atoms with Crippen LogP contribution in [0, 0.1) is 6.07 Å². The fourth-order valence-electron chi connectivity index (χ4n) is 3.02. The number of hydrogen-bond donors (Lipinski definition) is 0. The summed E-state index contributed by atoms with van der Waals surface area (Å²) < 4.78 is 2.75. The van der Waals surface area contributed by atoms with E-state index in [0.29, 0.717) is 0 Å². The van der Waals surface area contributed by atoms with Crippen LogP contribution < -0.4 is 21.5 Å². The molecular formula is C15H24BrMgNSi. The van der Waals surface area contributed by atoms with E-state index in [1.165, 1.54) is 37.8 Å². The van der Waals surface area contributed by atoms with Gasteiger partial charge in [-0.2, -0.15) is 18.2 Å². The first-order valence-corrected chi connectivity index (χ1v) is 10.3. The van der Waals surface area contributed by atoms with Gasteiger partial charge in [-0.3, -0.25) is 0 Å². The summed E-state index contributed by atoms with van der Waals surface area (Å²) in [6.45, 7) is 7.37. The van der Waals surface area contributed by atoms with Crippen LogP contribution >= 0.6 is 0 Å². The van der Waals surface area contributed by atoms with E-state index in [4.69, 9.17) is 0 Å². The largest absolute Gasteiger partial charge is 2.00 e. The van der Waals surface area contributed by atoms with Crippen LogP contribution in [0.5, 0.6) is 0 Å². The van der Waals surface area contributed by atoms with Gasteiger partial charge in [-0.15, -0.1) is 12.1 Å². The molecular weight excluding hydrogens is 326 g/mol. The Morgan fingerprint density at radius 2 is 1.58 bits per heavy atom. The molecule has 0 aromatic heterocycles. The van der Waals surface area contributed by atoms with Crippen LogP contribution in [-0.4, -0.2) is 37.3 Å². The maximum atomic E-state index is 3.13. The molecule has 4 heteroatoms. The zero-order valence-electron chi connectivity index (χ0n) is 12.5. The summed E-state index contributed by atoms with van der Waals surface area (Å²) in [6.07, 6.45) is 7.00. The molecule has 0 saturated heterocycles. The van der Waals surface area contributed by atoms with Crippen molar-refractivity contribution in [2.24, 2.45) is 0 Å². The van der Waals surface area contributed by atoms with E-state index >= 15 is 0 Å². The van der Waals surface area contributed by atoms with E-state index in [0.717, 1.165) is 6.04 Å². The second kappa shape index (κ2) is 8.70. The van der Waals surface area contributed by atoms with Crippen molar-refractivity contribution >= 4 is 37.0 Å². The molecule has 0 bridgehead atoms. The van der Waals surface area contributed by atoms with Crippen LogP contribution in [0.1, 0.15) is 32.1 Å². The fraction of sp³-hybridized carbons (Fsp3) is 0.600. The Morgan fingerprint density at radius 3 is 2.05 bits per heavy atom. The molecule has 1 nitrogen and oxygen atoms in total. The zero-order valence-corrected chi connectivity index (χ0v) is 16.5. The summed E-state index contributed by atoms with van der Waals surface area (Å²) in [5.41, 5.74) is 1.41. The summed E-state index contributed by atoms with van der Waals surface area (Å²) in [7, 11) is -1.30. The predicted octanol–water partition coefficient (Wildman–Crippen LogP) is 1.08. The molecule has 0 N–H and O–H groups in total. The standard InChI is InChI=1S/C15H24NSi.BrH.Mg/c1-17(2,3)16(14-10-6-4-7-11-14)15-12-8-5-9-13-15;;/h8-9,12-14H,4,6-7,10-11H2,1-3H3;1H;/q-1;;+2/p-1. The first-order valence-electron chi connectivity index (χ1n) is 6.84. The summed E-state index contributed by atoms with van der Waals surface area (Å²) >= 11 is 0. The second-order valence-corrected chi connectivity index (χ2v) is 10.9. The van der Waals surface area contributed by atoms with E-state index in [2.05, 4.69) is 42.4 Å². The van der Waals surface area contributed by atoms with Crippen molar-refractivity contribution < 1.29 is 17.0 Å². The Balaban J connectivity index is 0.00000162. The Hall–Kier alpha value is 0.483. The van der Waals surface area contributed by atoms with Gasteiger partial charge in [0.15, 0.2) is 0 Å². The topological polar surface area (TPSA) is 3.24 Å². The van der Waals surface area contributed by atoms with Crippen LogP contribution in [0.15, 0.2) is 24.3 Å². The van der Waals surface area contributed by atoms with Gasteiger partial charge in [-0.05, 0) is 12.8 Å². The van der Waals surface area contributed by atoms with Crippen LogP contribution in [0.3, 0.4) is 0 Å². The smallest absolute Gasteiger partial charge is 1.00 e. The van der Waals surface area contributed by atoms with Crippen molar-refractivity contribution in [2.45, 2.75) is 57.8 Å². The molecule has 19 heavy (non-hydrogen) atoms. The average Bonchev–Trinajstić information content (AvgIpc) is 2.30. The number of benzene rings is 1. The van der Waals surface area contributed by atoms with Crippen molar-refractivity contribution in [3.63, 3.8) is 0 Å². The monoisotopic (exact) mass is 349 g/mol. The number of halogens is 1. The molecule has 2 rings (SSSR count). The van der Waals surface area contributed by atoms with Gasteiger partial charge >= 0.3 is 23.1 Å². The number of rotatable bonds is 3. The van der Waals surface area contributed by atoms with Crippen LogP contribution in [0.2, 0.25) is 19.6 Å². The van der Waals surface area contributed by atoms with E-state index in [-0.39, 0.29) is 40.0 Å². The molecule has 0 amide bonds. The maximum Gasteiger partial charge on any atom is 2.00 e. The van der Waals surface area contributed by atoms with Gasteiger partial charge in [0.25, 0.3) is 0 Å². The number of hydrogen-bond acceptors (Lipinski definition) is 1. The third-order valence-corrected chi connectivity index (χ3v) is 5.71. The van der Waals surface area contributed by atoms with Gasteiger partial charge in [0, 0.05) is 6.04 Å². The van der Waals surface area contributed by atoms with Gasteiger partial charge in [-0.1, -0.05) is 44.6 Å². The summed E-state index contributed by atoms with van der Waals surface area (Å²) in [5.74, 6) is 0. The van der Waals surface area contributed by atoms with Gasteiger partial charge < -0.3 is 21.5 Å². The molecule has 1 aliphatic carbocycles. The second-order valence-electron chi connectivity index (χ2n) is 6.09. The molecule has 0 heterocycles. The minimum absolute atomic E-state index is 0. The fourth-order valence-corrected chi connectivity index (χ4v) is 5.30. The van der Waals surface area contributed by atoms with Crippen LogP contribution in [0.25, 0.3) is 0 Å². The normalized spacial score (nSPS) is 16.2. The molecule has 0 unspecified atom stereocenters. The van der Waals surface area contributed by atoms with E-state index < -0.39 is 8.24 Å². The maximum absolute atomic E-state index is 3.13. The number of anilines is 1. The Bertz CT molecular complexity index is 347. The van der Waals surface area contributed by atoms with Gasteiger partial charge in [0.05, 0.1) is 0 Å². The van der Waals surface area contributed by atoms with Gasteiger partial charge in [-0.25, -0.2) is 0 Å².